The SMILES string of the molecule is CC(F)(F)c1nnc2ccc(-c3ccc(OC(F)(F)F)c(CO)c3)nn12. The molecule has 6 nitrogen and oxygen atoms in total. The van der Waals surface area contributed by atoms with Crippen LogP contribution in [0.5, 0.6) is 5.75 Å². The Morgan fingerprint density at radius 2 is 1.81 bits per heavy atom. The number of rotatable bonds is 4. The van der Waals surface area contributed by atoms with Crippen LogP contribution >= 0.6 is 0 Å². The van der Waals surface area contributed by atoms with Crippen LogP contribution in [0.3, 0.4) is 0 Å². The van der Waals surface area contributed by atoms with E-state index in [0.717, 1.165) is 10.6 Å². The lowest BCUT2D eigenvalue weighted by molar-refractivity contribution is -0.275. The van der Waals surface area contributed by atoms with Crippen molar-refractivity contribution in [1.82, 2.24) is 19.8 Å². The van der Waals surface area contributed by atoms with E-state index in [1.165, 1.54) is 24.3 Å². The van der Waals surface area contributed by atoms with Gasteiger partial charge in [-0.2, -0.15) is 18.4 Å². The number of benzene rings is 1. The van der Waals surface area contributed by atoms with E-state index in [9.17, 15) is 27.1 Å². The molecule has 3 aromatic rings. The van der Waals surface area contributed by atoms with Gasteiger partial charge in [-0.25, -0.2) is 0 Å². The van der Waals surface area contributed by atoms with E-state index < -0.39 is 30.5 Å². The minimum absolute atomic E-state index is 0.0877. The summed E-state index contributed by atoms with van der Waals surface area (Å²) in [5.41, 5.74) is 0.428. The quantitative estimate of drug-likeness (QED) is 0.710. The minimum atomic E-state index is -4.91. The van der Waals surface area contributed by atoms with Crippen LogP contribution in [-0.4, -0.2) is 31.3 Å². The molecule has 0 aliphatic rings. The zero-order valence-corrected chi connectivity index (χ0v) is 13.1. The van der Waals surface area contributed by atoms with Gasteiger partial charge in [0, 0.05) is 18.1 Å². The Labute approximate surface area is 142 Å². The van der Waals surface area contributed by atoms with Gasteiger partial charge in [0.15, 0.2) is 5.65 Å². The molecule has 1 N–H and O–H groups in total. The van der Waals surface area contributed by atoms with E-state index >= 15 is 0 Å². The van der Waals surface area contributed by atoms with Crippen molar-refractivity contribution in [3.05, 3.63) is 41.7 Å². The molecule has 3 rings (SSSR count). The van der Waals surface area contributed by atoms with Crippen molar-refractivity contribution in [2.24, 2.45) is 0 Å². The number of aliphatic hydroxyl groups is 1. The molecular formula is C15H11F5N4O2. The van der Waals surface area contributed by atoms with Crippen molar-refractivity contribution in [2.45, 2.75) is 25.8 Å². The first-order chi connectivity index (χ1) is 12.1. The summed E-state index contributed by atoms with van der Waals surface area (Å²) >= 11 is 0. The van der Waals surface area contributed by atoms with Gasteiger partial charge >= 0.3 is 12.3 Å². The third-order valence-electron chi connectivity index (χ3n) is 3.41. The molecule has 0 saturated carbocycles. The Hall–Kier alpha value is -2.82. The fraction of sp³-hybridized carbons (Fsp3) is 0.267. The highest BCUT2D eigenvalue weighted by molar-refractivity contribution is 5.63. The zero-order chi connectivity index (χ0) is 19.1. The summed E-state index contributed by atoms with van der Waals surface area (Å²) in [6.07, 6.45) is -4.91. The molecule has 2 aromatic heterocycles. The van der Waals surface area contributed by atoms with Gasteiger partial charge in [0.05, 0.1) is 12.3 Å². The van der Waals surface area contributed by atoms with E-state index in [-0.39, 0.29) is 16.9 Å². The van der Waals surface area contributed by atoms with E-state index in [0.29, 0.717) is 12.5 Å². The summed E-state index contributed by atoms with van der Waals surface area (Å²) in [5.74, 6) is -4.52. The molecule has 0 fully saturated rings. The molecule has 2 heterocycles. The summed E-state index contributed by atoms with van der Waals surface area (Å²) in [5, 5.41) is 20.3. The van der Waals surface area contributed by atoms with Crippen molar-refractivity contribution in [2.75, 3.05) is 0 Å². The number of hydrogen-bond acceptors (Lipinski definition) is 5. The number of fused-ring (bicyclic) bond motifs is 1. The van der Waals surface area contributed by atoms with Crippen molar-refractivity contribution in [3.8, 4) is 17.0 Å². The minimum Gasteiger partial charge on any atom is -0.405 e. The second-order valence-electron chi connectivity index (χ2n) is 5.43. The summed E-state index contributed by atoms with van der Waals surface area (Å²) in [6.45, 7) is -0.0721. The summed E-state index contributed by atoms with van der Waals surface area (Å²) in [6, 6.07) is 6.35. The predicted octanol–water partition coefficient (Wildman–Crippen LogP) is 3.29. The number of alkyl halides is 5. The molecule has 26 heavy (non-hydrogen) atoms. The maximum absolute atomic E-state index is 13.6. The Morgan fingerprint density at radius 3 is 2.42 bits per heavy atom. The predicted molar refractivity (Wildman–Crippen MR) is 78.4 cm³/mol. The van der Waals surface area contributed by atoms with E-state index in [4.69, 9.17) is 0 Å². The smallest absolute Gasteiger partial charge is 0.405 e. The Kier molecular flexibility index (Phi) is 4.26. The van der Waals surface area contributed by atoms with E-state index in [2.05, 4.69) is 20.0 Å². The number of aromatic nitrogens is 4. The molecule has 0 bridgehead atoms. The lowest BCUT2D eigenvalue weighted by atomic mass is 10.1. The number of halogens is 5. The molecule has 0 radical (unpaired) electrons. The fourth-order valence-corrected chi connectivity index (χ4v) is 2.30. The van der Waals surface area contributed by atoms with Gasteiger partial charge in [0.25, 0.3) is 0 Å². The summed E-state index contributed by atoms with van der Waals surface area (Å²) < 4.78 is 68.9. The molecule has 0 aliphatic carbocycles. The molecule has 138 valence electrons. The Morgan fingerprint density at radius 1 is 1.08 bits per heavy atom. The first-order valence-electron chi connectivity index (χ1n) is 7.19. The Balaban J connectivity index is 2.06. The van der Waals surface area contributed by atoms with Crippen LogP contribution in [0, 0.1) is 0 Å². The summed E-state index contributed by atoms with van der Waals surface area (Å²) in [4.78, 5) is 0. The maximum Gasteiger partial charge on any atom is 0.573 e. The average molecular weight is 374 g/mol. The van der Waals surface area contributed by atoms with Gasteiger partial charge < -0.3 is 9.84 Å². The summed E-state index contributed by atoms with van der Waals surface area (Å²) in [7, 11) is 0. The van der Waals surface area contributed by atoms with Crippen molar-refractivity contribution in [3.63, 3.8) is 0 Å². The Bertz CT molecular complexity index is 949. The van der Waals surface area contributed by atoms with Crippen LogP contribution in [0.2, 0.25) is 0 Å². The first kappa shape index (κ1) is 18.0. The topological polar surface area (TPSA) is 72.5 Å². The molecule has 0 atom stereocenters. The van der Waals surface area contributed by atoms with Crippen molar-refractivity contribution >= 4 is 5.65 Å². The lowest BCUT2D eigenvalue weighted by Gasteiger charge is -2.13. The highest BCUT2D eigenvalue weighted by Gasteiger charge is 2.33. The van der Waals surface area contributed by atoms with Crippen LogP contribution in [0.1, 0.15) is 18.3 Å². The highest BCUT2D eigenvalue weighted by Crippen LogP contribution is 2.31. The van der Waals surface area contributed by atoms with Gasteiger partial charge in [-0.3, -0.25) is 0 Å². The highest BCUT2D eigenvalue weighted by atomic mass is 19.4. The number of aliphatic hydroxyl groups excluding tert-OH is 1. The molecule has 1 aromatic carbocycles. The largest absolute Gasteiger partial charge is 0.573 e. The third kappa shape index (κ3) is 3.57. The van der Waals surface area contributed by atoms with Crippen LogP contribution in [-0.2, 0) is 12.5 Å². The van der Waals surface area contributed by atoms with Crippen LogP contribution in [0.4, 0.5) is 22.0 Å². The molecule has 0 unspecified atom stereocenters. The second-order valence-corrected chi connectivity index (χ2v) is 5.43. The van der Waals surface area contributed by atoms with E-state index in [1.54, 1.807) is 0 Å². The van der Waals surface area contributed by atoms with Gasteiger partial charge in [-0.1, -0.05) is 0 Å². The molecular weight excluding hydrogens is 363 g/mol. The molecule has 0 amide bonds. The van der Waals surface area contributed by atoms with Gasteiger partial charge in [0.2, 0.25) is 5.82 Å². The molecule has 0 spiro atoms. The number of nitrogens with zero attached hydrogens (tertiary/aromatic N) is 4. The van der Waals surface area contributed by atoms with Gasteiger partial charge in [0.1, 0.15) is 5.75 Å². The normalized spacial score (nSPS) is 12.6. The van der Waals surface area contributed by atoms with Crippen molar-refractivity contribution < 1.29 is 31.8 Å². The first-order valence-corrected chi connectivity index (χ1v) is 7.19. The van der Waals surface area contributed by atoms with Gasteiger partial charge in [-0.05, 0) is 30.3 Å². The third-order valence-corrected chi connectivity index (χ3v) is 3.41. The fourth-order valence-electron chi connectivity index (χ4n) is 2.30. The monoisotopic (exact) mass is 374 g/mol. The van der Waals surface area contributed by atoms with Crippen LogP contribution in [0.25, 0.3) is 16.9 Å². The molecule has 11 heteroatoms. The number of ether oxygens (including phenoxy) is 1. The average Bonchev–Trinajstić information content (AvgIpc) is 2.97. The standard InChI is InChI=1S/C15H11F5N4O2/c1-14(16,17)13-22-21-12-5-3-10(23-24(12)13)8-2-4-11(9(6-8)7-25)26-15(18,19)20/h2-6,25H,7H2,1H3. The second kappa shape index (κ2) is 6.16. The van der Waals surface area contributed by atoms with Crippen molar-refractivity contribution in [1.29, 1.82) is 0 Å². The maximum atomic E-state index is 13.6. The van der Waals surface area contributed by atoms with Gasteiger partial charge in [-0.15, -0.1) is 23.4 Å². The molecule has 0 saturated heterocycles. The van der Waals surface area contributed by atoms with Crippen LogP contribution in [0.15, 0.2) is 30.3 Å². The molecule has 0 aliphatic heterocycles. The van der Waals surface area contributed by atoms with E-state index in [1.807, 2.05) is 0 Å². The van der Waals surface area contributed by atoms with Crippen LogP contribution < -0.4 is 4.74 Å². The number of hydrogen-bond donors (Lipinski definition) is 1. The zero-order valence-electron chi connectivity index (χ0n) is 13.1. The lowest BCUT2D eigenvalue weighted by Crippen LogP contribution is -2.18.